The third-order valence-electron chi connectivity index (χ3n) is 6.26. The van der Waals surface area contributed by atoms with Crippen LogP contribution >= 0.6 is 0 Å². The summed E-state index contributed by atoms with van der Waals surface area (Å²) >= 11 is 0. The molecule has 11 heteroatoms. The number of hydrogen-bond donors (Lipinski definition) is 1. The Morgan fingerprint density at radius 1 is 1.03 bits per heavy atom. The van der Waals surface area contributed by atoms with Crippen molar-refractivity contribution in [2.24, 2.45) is 11.8 Å². The Kier molecular flexibility index (Phi) is 10.1. The lowest BCUT2D eigenvalue weighted by atomic mass is 9.98. The smallest absolute Gasteiger partial charge is 0.247 e. The van der Waals surface area contributed by atoms with Crippen LogP contribution in [0.25, 0.3) is 0 Å². The third kappa shape index (κ3) is 8.05. The molecule has 1 atom stereocenters. The lowest BCUT2D eigenvalue weighted by Gasteiger charge is -2.36. The van der Waals surface area contributed by atoms with Crippen LogP contribution in [0.5, 0.6) is 11.5 Å². The molecular weight excluding hydrogens is 501 g/mol. The summed E-state index contributed by atoms with van der Waals surface area (Å²) in [6.45, 7) is 5.49. The molecule has 1 amide bonds. The summed E-state index contributed by atoms with van der Waals surface area (Å²) in [5.74, 6) is -0.565. The van der Waals surface area contributed by atoms with Gasteiger partial charge in [-0.05, 0) is 48.7 Å². The molecule has 1 aliphatic rings. The number of piperazine rings is 1. The lowest BCUT2D eigenvalue weighted by molar-refractivity contribution is -0.138. The maximum Gasteiger partial charge on any atom is 0.247 e. The predicted octanol–water partition coefficient (Wildman–Crippen LogP) is 3.21. The topological polar surface area (TPSA) is 97.4 Å². The van der Waals surface area contributed by atoms with Gasteiger partial charge in [-0.1, -0.05) is 13.8 Å². The fraction of sp³-hybridized carbons (Fsp3) is 0.500. The maximum absolute atomic E-state index is 13.2. The van der Waals surface area contributed by atoms with Crippen molar-refractivity contribution in [3.05, 3.63) is 53.8 Å². The van der Waals surface area contributed by atoms with Crippen LogP contribution in [0, 0.1) is 17.7 Å². The molecule has 1 saturated heterocycles. The first kappa shape index (κ1) is 28.7. The third-order valence-corrected chi connectivity index (χ3v) is 8.23. The van der Waals surface area contributed by atoms with Gasteiger partial charge in [-0.15, -0.1) is 0 Å². The van der Waals surface area contributed by atoms with Crippen molar-refractivity contribution in [2.75, 3.05) is 51.1 Å². The number of ether oxygens (including phenoxy) is 2. The molecule has 1 unspecified atom stereocenters. The van der Waals surface area contributed by atoms with E-state index in [2.05, 4.69) is 5.48 Å². The van der Waals surface area contributed by atoms with E-state index in [-0.39, 0.29) is 24.1 Å². The SMILES string of the molecule is COc1ccc(CONC(=O)C(CC(C)C)CS(=O)(=O)N2CCN(c3ccc(F)cc3)CC2)c(OC)c1. The second-order valence-corrected chi connectivity index (χ2v) is 11.4. The molecule has 0 spiro atoms. The minimum atomic E-state index is -3.68. The summed E-state index contributed by atoms with van der Waals surface area (Å²) < 4.78 is 51.6. The van der Waals surface area contributed by atoms with Gasteiger partial charge in [-0.25, -0.2) is 18.3 Å². The molecule has 9 nitrogen and oxygen atoms in total. The number of carbonyl (C=O) groups is 1. The summed E-state index contributed by atoms with van der Waals surface area (Å²) in [7, 11) is -0.602. The van der Waals surface area contributed by atoms with E-state index in [0.717, 1.165) is 5.69 Å². The standard InChI is InChI=1S/C26H36FN3O6S/c1-19(2)15-21(26(31)28-36-17-20-5-10-24(34-3)16-25(20)35-4)18-37(32,33)30-13-11-29(12-14-30)23-8-6-22(27)7-9-23/h5-10,16,19,21H,11-15,17-18H2,1-4H3,(H,28,31). The number of nitrogens with zero attached hydrogens (tertiary/aromatic N) is 2. The molecule has 0 saturated carbocycles. The minimum Gasteiger partial charge on any atom is -0.497 e. The second kappa shape index (κ2) is 13.1. The van der Waals surface area contributed by atoms with Crippen molar-refractivity contribution >= 4 is 21.6 Å². The summed E-state index contributed by atoms with van der Waals surface area (Å²) in [4.78, 5) is 20.4. The predicted molar refractivity (Wildman–Crippen MR) is 139 cm³/mol. The number of nitrogens with one attached hydrogen (secondary N) is 1. The summed E-state index contributed by atoms with van der Waals surface area (Å²) in [5.41, 5.74) is 3.98. The van der Waals surface area contributed by atoms with Crippen LogP contribution in [0.3, 0.4) is 0 Å². The number of methoxy groups -OCH3 is 2. The Bertz CT molecular complexity index is 1140. The fourth-order valence-electron chi connectivity index (χ4n) is 4.30. The van der Waals surface area contributed by atoms with E-state index in [1.807, 2.05) is 18.7 Å². The van der Waals surface area contributed by atoms with Crippen LogP contribution < -0.4 is 19.9 Å². The second-order valence-electron chi connectivity index (χ2n) is 9.40. The molecule has 204 valence electrons. The highest BCUT2D eigenvalue weighted by Gasteiger charge is 2.33. The zero-order chi connectivity index (χ0) is 27.0. The van der Waals surface area contributed by atoms with E-state index in [9.17, 15) is 17.6 Å². The summed E-state index contributed by atoms with van der Waals surface area (Å²) in [6, 6.07) is 11.4. The van der Waals surface area contributed by atoms with E-state index < -0.39 is 21.8 Å². The molecule has 0 radical (unpaired) electrons. The van der Waals surface area contributed by atoms with Crippen molar-refractivity contribution < 1.29 is 31.9 Å². The zero-order valence-electron chi connectivity index (χ0n) is 21.8. The number of sulfonamides is 1. The minimum absolute atomic E-state index is 0.0470. The van der Waals surface area contributed by atoms with E-state index in [1.54, 1.807) is 37.4 Å². The van der Waals surface area contributed by atoms with Gasteiger partial charge < -0.3 is 14.4 Å². The van der Waals surface area contributed by atoms with Crippen LogP contribution in [0.15, 0.2) is 42.5 Å². The van der Waals surface area contributed by atoms with E-state index >= 15 is 0 Å². The van der Waals surface area contributed by atoms with Gasteiger partial charge in [0.2, 0.25) is 15.9 Å². The molecule has 1 heterocycles. The normalized spacial score (nSPS) is 15.5. The van der Waals surface area contributed by atoms with Gasteiger partial charge in [0.15, 0.2) is 0 Å². The Morgan fingerprint density at radius 2 is 1.70 bits per heavy atom. The highest BCUT2D eigenvalue weighted by molar-refractivity contribution is 7.89. The first-order valence-electron chi connectivity index (χ1n) is 12.2. The molecular formula is C26H36FN3O6S. The monoisotopic (exact) mass is 537 g/mol. The zero-order valence-corrected chi connectivity index (χ0v) is 22.6. The highest BCUT2D eigenvalue weighted by atomic mass is 32.2. The molecule has 0 aliphatic carbocycles. The van der Waals surface area contributed by atoms with E-state index in [0.29, 0.717) is 49.7 Å². The maximum atomic E-state index is 13.2. The van der Waals surface area contributed by atoms with Crippen molar-refractivity contribution in [3.63, 3.8) is 0 Å². The first-order chi connectivity index (χ1) is 17.6. The number of amides is 1. The number of halogens is 1. The van der Waals surface area contributed by atoms with Crippen molar-refractivity contribution in [1.29, 1.82) is 0 Å². The quantitative estimate of drug-likeness (QED) is 0.415. The number of benzene rings is 2. The number of rotatable bonds is 12. The molecule has 0 bridgehead atoms. The number of carbonyl (C=O) groups excluding carboxylic acids is 1. The highest BCUT2D eigenvalue weighted by Crippen LogP contribution is 2.25. The Balaban J connectivity index is 1.57. The molecule has 1 N–H and O–H groups in total. The van der Waals surface area contributed by atoms with Gasteiger partial charge in [0.25, 0.3) is 0 Å². The van der Waals surface area contributed by atoms with Gasteiger partial charge in [0.1, 0.15) is 23.9 Å². The van der Waals surface area contributed by atoms with Gasteiger partial charge >= 0.3 is 0 Å². The molecule has 2 aromatic carbocycles. The Hall–Kier alpha value is -2.89. The first-order valence-corrected chi connectivity index (χ1v) is 13.8. The van der Waals surface area contributed by atoms with Gasteiger partial charge in [-0.2, -0.15) is 4.31 Å². The van der Waals surface area contributed by atoms with E-state index in [1.165, 1.54) is 23.5 Å². The summed E-state index contributed by atoms with van der Waals surface area (Å²) in [5, 5.41) is 0. The Labute approximate surface area is 218 Å². The average molecular weight is 538 g/mol. The molecule has 3 rings (SSSR count). The molecule has 0 aromatic heterocycles. The molecule has 2 aromatic rings. The van der Waals surface area contributed by atoms with Crippen LogP contribution in [0.4, 0.5) is 10.1 Å². The van der Waals surface area contributed by atoms with Gasteiger partial charge in [-0.3, -0.25) is 9.63 Å². The van der Waals surface area contributed by atoms with Gasteiger partial charge in [0, 0.05) is 43.5 Å². The van der Waals surface area contributed by atoms with Crippen molar-refractivity contribution in [2.45, 2.75) is 26.9 Å². The number of hydrogen-bond acceptors (Lipinski definition) is 7. The van der Waals surface area contributed by atoms with Crippen LogP contribution in [0.2, 0.25) is 0 Å². The van der Waals surface area contributed by atoms with Crippen molar-refractivity contribution in [1.82, 2.24) is 9.79 Å². The van der Waals surface area contributed by atoms with Crippen LogP contribution in [-0.4, -0.2) is 64.8 Å². The lowest BCUT2D eigenvalue weighted by Crippen LogP contribution is -2.50. The van der Waals surface area contributed by atoms with Gasteiger partial charge in [0.05, 0.1) is 25.9 Å². The molecule has 1 fully saturated rings. The van der Waals surface area contributed by atoms with Crippen LogP contribution in [-0.2, 0) is 26.3 Å². The Morgan fingerprint density at radius 3 is 2.30 bits per heavy atom. The summed E-state index contributed by atoms with van der Waals surface area (Å²) in [6.07, 6.45) is 0.399. The molecule has 1 aliphatic heterocycles. The van der Waals surface area contributed by atoms with Crippen LogP contribution in [0.1, 0.15) is 25.8 Å². The molecule has 37 heavy (non-hydrogen) atoms. The average Bonchev–Trinajstić information content (AvgIpc) is 2.88. The van der Waals surface area contributed by atoms with Crippen molar-refractivity contribution in [3.8, 4) is 11.5 Å². The fourth-order valence-corrected chi connectivity index (χ4v) is 6.02. The number of anilines is 1. The largest absolute Gasteiger partial charge is 0.497 e. The van der Waals surface area contributed by atoms with E-state index in [4.69, 9.17) is 14.3 Å². The number of hydroxylamine groups is 1.